The molecule has 3 aromatic rings. The molecule has 0 amide bonds. The summed E-state index contributed by atoms with van der Waals surface area (Å²) >= 11 is 0. The second-order valence-electron chi connectivity index (χ2n) is 8.86. The van der Waals surface area contributed by atoms with Gasteiger partial charge in [0.05, 0.1) is 11.1 Å². The summed E-state index contributed by atoms with van der Waals surface area (Å²) in [5.74, 6) is 0. The quantitative estimate of drug-likeness (QED) is 0.438. The van der Waals surface area contributed by atoms with Gasteiger partial charge in [0.25, 0.3) is 0 Å². The zero-order chi connectivity index (χ0) is 22.9. The van der Waals surface area contributed by atoms with Crippen molar-refractivity contribution in [1.29, 1.82) is 0 Å². The Kier molecular flexibility index (Phi) is 4.56. The number of allylic oxidation sites excluding steroid dienone is 2. The van der Waals surface area contributed by atoms with Crippen LogP contribution in [0.15, 0.2) is 53.4 Å². The van der Waals surface area contributed by atoms with Gasteiger partial charge < -0.3 is 17.6 Å². The molecule has 4 heterocycles. The summed E-state index contributed by atoms with van der Waals surface area (Å²) in [7, 11) is 0. The van der Waals surface area contributed by atoms with Crippen LogP contribution in [0.5, 0.6) is 0 Å². The third-order valence-electron chi connectivity index (χ3n) is 7.41. The van der Waals surface area contributed by atoms with E-state index < -0.39 is 6.97 Å². The van der Waals surface area contributed by atoms with E-state index >= 15 is 8.63 Å². The standard InChI is InChI=1S/C26H28BF2N3/c1-7-19-15(3)25-24(22-13-14-30-23-12-10-9-11-21(22)23)26-16(4)20(8-2)18(6)32(26)27(28,29)31(25)17(19)5/h9-14H,7-8H2,1-6H3. The average Bonchev–Trinajstić information content (AvgIpc) is 3.18. The summed E-state index contributed by atoms with van der Waals surface area (Å²) in [6.45, 7) is 7.74. The predicted molar refractivity (Wildman–Crippen MR) is 128 cm³/mol. The molecule has 0 saturated carbocycles. The van der Waals surface area contributed by atoms with E-state index in [2.05, 4.69) is 4.98 Å². The molecule has 0 fully saturated rings. The number of fused-ring (bicyclic) bond motifs is 3. The molecule has 0 radical (unpaired) electrons. The first-order chi connectivity index (χ1) is 15.3. The lowest BCUT2D eigenvalue weighted by atomic mass is 9.83. The van der Waals surface area contributed by atoms with Crippen LogP contribution in [0.25, 0.3) is 16.5 Å². The van der Waals surface area contributed by atoms with Gasteiger partial charge in [-0.25, -0.2) is 0 Å². The number of benzene rings is 1. The van der Waals surface area contributed by atoms with Crippen LogP contribution < -0.4 is 0 Å². The Morgan fingerprint density at radius 2 is 1.72 bits per heavy atom. The zero-order valence-electron chi connectivity index (χ0n) is 19.6. The van der Waals surface area contributed by atoms with Crippen molar-refractivity contribution in [2.24, 2.45) is 0 Å². The molecule has 6 heteroatoms. The highest BCUT2D eigenvalue weighted by molar-refractivity contribution is 6.58. The van der Waals surface area contributed by atoms with Crippen LogP contribution in [0, 0.1) is 13.8 Å². The average molecular weight is 431 g/mol. The van der Waals surface area contributed by atoms with Gasteiger partial charge >= 0.3 is 6.97 Å². The van der Waals surface area contributed by atoms with Gasteiger partial charge in [0.15, 0.2) is 5.70 Å². The van der Waals surface area contributed by atoms with Gasteiger partial charge in [-0.2, -0.15) is 0 Å². The summed E-state index contributed by atoms with van der Waals surface area (Å²) in [5, 5.41) is 0.980. The lowest BCUT2D eigenvalue weighted by molar-refractivity contribution is -0.363. The van der Waals surface area contributed by atoms with Gasteiger partial charge in [0.2, 0.25) is 0 Å². The lowest BCUT2D eigenvalue weighted by Crippen LogP contribution is -2.51. The second-order valence-corrected chi connectivity index (χ2v) is 8.86. The molecule has 32 heavy (non-hydrogen) atoms. The van der Waals surface area contributed by atoms with Gasteiger partial charge in [-0.15, -0.1) is 0 Å². The Morgan fingerprint density at radius 1 is 1.00 bits per heavy atom. The van der Waals surface area contributed by atoms with Crippen LogP contribution in [0.4, 0.5) is 8.63 Å². The van der Waals surface area contributed by atoms with E-state index in [9.17, 15) is 0 Å². The fourth-order valence-corrected chi connectivity index (χ4v) is 6.05. The van der Waals surface area contributed by atoms with Crippen LogP contribution in [0.2, 0.25) is 0 Å². The molecule has 5 rings (SSSR count). The van der Waals surface area contributed by atoms with E-state index in [0.717, 1.165) is 57.2 Å². The van der Waals surface area contributed by atoms with E-state index in [0.29, 0.717) is 22.8 Å². The van der Waals surface area contributed by atoms with Gasteiger partial charge in [0.1, 0.15) is 5.71 Å². The first-order valence-corrected chi connectivity index (χ1v) is 11.4. The maximum atomic E-state index is 16.3. The summed E-state index contributed by atoms with van der Waals surface area (Å²) < 4.78 is 35.3. The number of rotatable bonds is 3. The number of pyridine rings is 1. The topological polar surface area (TPSA) is 20.8 Å². The second kappa shape index (κ2) is 6.99. The van der Waals surface area contributed by atoms with E-state index in [-0.39, 0.29) is 0 Å². The summed E-state index contributed by atoms with van der Waals surface area (Å²) in [6.07, 6.45) is 3.23. The van der Waals surface area contributed by atoms with Crippen LogP contribution in [0.3, 0.4) is 0 Å². The summed E-state index contributed by atoms with van der Waals surface area (Å²) in [5.41, 5.74) is 9.25. The van der Waals surface area contributed by atoms with Crippen molar-refractivity contribution in [2.75, 3.05) is 0 Å². The maximum absolute atomic E-state index is 16.3. The van der Waals surface area contributed by atoms with Crippen molar-refractivity contribution in [3.63, 3.8) is 0 Å². The first-order valence-electron chi connectivity index (χ1n) is 11.4. The molecular formula is C26H28BF2N3. The maximum Gasteiger partial charge on any atom is 0.737 e. The highest BCUT2D eigenvalue weighted by atomic mass is 19.2. The Labute approximate surface area is 187 Å². The molecule has 164 valence electrons. The molecule has 2 aliphatic rings. The van der Waals surface area contributed by atoms with Crippen LogP contribution >= 0.6 is 0 Å². The molecule has 2 aliphatic heterocycles. The number of halogens is 2. The van der Waals surface area contributed by atoms with Crippen LogP contribution in [-0.2, 0) is 6.42 Å². The summed E-state index contributed by atoms with van der Waals surface area (Å²) in [4.78, 5) is 4.53. The highest BCUT2D eigenvalue weighted by Crippen LogP contribution is 2.47. The SMILES string of the molecule is CCC1=C(C)C2=C(c3ccnc4ccccc34)c3c(C)c(CC)c(C)n3[B-](F)(F)[N+]2=C1C. The molecule has 0 unspecified atom stereocenters. The minimum atomic E-state index is -4.01. The minimum Gasteiger partial charge on any atom is -0.393 e. The number of nitrogens with zero attached hydrogens (tertiary/aromatic N) is 3. The molecule has 0 saturated heterocycles. The molecule has 0 bridgehead atoms. The number of hydrogen-bond donors (Lipinski definition) is 0. The Morgan fingerprint density at radius 3 is 2.41 bits per heavy atom. The van der Waals surface area contributed by atoms with Crippen LogP contribution in [0.1, 0.15) is 62.2 Å². The largest absolute Gasteiger partial charge is 0.737 e. The molecular weight excluding hydrogens is 403 g/mol. The Hall–Kier alpha value is -3.02. The van der Waals surface area contributed by atoms with Crippen molar-refractivity contribution in [1.82, 2.24) is 9.46 Å². The highest BCUT2D eigenvalue weighted by Gasteiger charge is 2.56. The van der Waals surface area contributed by atoms with Gasteiger partial charge in [-0.1, -0.05) is 32.0 Å². The molecule has 1 aromatic carbocycles. The number of hydrogen-bond acceptors (Lipinski definition) is 1. The van der Waals surface area contributed by atoms with Crippen LogP contribution in [-0.4, -0.2) is 26.6 Å². The van der Waals surface area contributed by atoms with Gasteiger partial charge in [-0.3, -0.25) is 4.98 Å². The smallest absolute Gasteiger partial charge is 0.393 e. The number of para-hydroxylation sites is 1. The lowest BCUT2D eigenvalue weighted by Gasteiger charge is -2.34. The Balaban J connectivity index is 2.03. The predicted octanol–water partition coefficient (Wildman–Crippen LogP) is 6.42. The van der Waals surface area contributed by atoms with Crippen molar-refractivity contribution in [2.45, 2.75) is 54.4 Å². The molecule has 0 atom stereocenters. The fourth-order valence-electron chi connectivity index (χ4n) is 6.05. The van der Waals surface area contributed by atoms with Gasteiger partial charge in [0, 0.05) is 40.9 Å². The van der Waals surface area contributed by atoms with E-state index in [1.54, 1.807) is 6.20 Å². The third kappa shape index (κ3) is 2.46. The van der Waals surface area contributed by atoms with E-state index in [4.69, 9.17) is 0 Å². The monoisotopic (exact) mass is 431 g/mol. The van der Waals surface area contributed by atoms with E-state index in [1.807, 2.05) is 71.9 Å². The first kappa shape index (κ1) is 20.9. The van der Waals surface area contributed by atoms with Crippen molar-refractivity contribution in [3.8, 4) is 0 Å². The molecule has 0 spiro atoms. The Bertz CT molecular complexity index is 1400. The number of aromatic nitrogens is 2. The molecule has 3 nitrogen and oxygen atoms in total. The van der Waals surface area contributed by atoms with Crippen molar-refractivity contribution < 1.29 is 13.1 Å². The molecule has 0 N–H and O–H groups in total. The summed E-state index contributed by atoms with van der Waals surface area (Å²) in [6, 6.07) is 9.93. The zero-order valence-corrected chi connectivity index (χ0v) is 19.6. The van der Waals surface area contributed by atoms with Crippen molar-refractivity contribution >= 4 is 29.2 Å². The third-order valence-corrected chi connectivity index (χ3v) is 7.41. The molecule has 2 aromatic heterocycles. The van der Waals surface area contributed by atoms with Gasteiger partial charge in [-0.05, 0) is 62.6 Å². The normalized spacial score (nSPS) is 17.5. The molecule has 0 aliphatic carbocycles. The van der Waals surface area contributed by atoms with E-state index in [1.165, 1.54) is 8.96 Å². The van der Waals surface area contributed by atoms with Crippen molar-refractivity contribution in [3.05, 3.63) is 81.5 Å². The minimum absolute atomic E-state index is 0.649. The fraction of sp³-hybridized carbons (Fsp3) is 0.308.